The Balaban J connectivity index is 1.57. The number of hydrogen-bond acceptors (Lipinski definition) is 4. The van der Waals surface area contributed by atoms with Crippen LogP contribution in [0.1, 0.15) is 38.2 Å². The molecule has 2 heterocycles. The van der Waals surface area contributed by atoms with Crippen LogP contribution in [0, 0.1) is 5.92 Å². The van der Waals surface area contributed by atoms with E-state index in [9.17, 15) is 8.42 Å². The molecule has 1 aromatic rings. The molecule has 0 N–H and O–H groups in total. The van der Waals surface area contributed by atoms with Gasteiger partial charge in [0.2, 0.25) is 10.0 Å². The van der Waals surface area contributed by atoms with E-state index in [-0.39, 0.29) is 0 Å². The summed E-state index contributed by atoms with van der Waals surface area (Å²) in [7, 11) is -3.36. The molecule has 2 saturated heterocycles. The lowest BCUT2D eigenvalue weighted by Gasteiger charge is -2.35. The molecule has 0 aliphatic carbocycles. The summed E-state index contributed by atoms with van der Waals surface area (Å²) < 4.78 is 32.8. The minimum Gasteiger partial charge on any atom is -0.379 e. The molecule has 2 fully saturated rings. The highest BCUT2D eigenvalue weighted by Gasteiger charge is 2.30. The van der Waals surface area contributed by atoms with Gasteiger partial charge >= 0.3 is 0 Å². The maximum absolute atomic E-state index is 12.9. The van der Waals surface area contributed by atoms with E-state index in [4.69, 9.17) is 4.74 Å². The summed E-state index contributed by atoms with van der Waals surface area (Å²) in [6.45, 7) is 10.2. The molecule has 0 aromatic heterocycles. The molecule has 0 saturated carbocycles. The van der Waals surface area contributed by atoms with Crippen LogP contribution in [0.3, 0.4) is 0 Å². The van der Waals surface area contributed by atoms with Crippen molar-refractivity contribution in [1.29, 1.82) is 0 Å². The Morgan fingerprint density at radius 2 is 1.64 bits per heavy atom. The number of sulfonamides is 1. The first-order chi connectivity index (χ1) is 12.0. The normalized spacial score (nSPS) is 21.7. The minimum atomic E-state index is -3.36. The molecule has 0 bridgehead atoms. The van der Waals surface area contributed by atoms with E-state index in [1.807, 2.05) is 12.1 Å². The number of morpholine rings is 1. The van der Waals surface area contributed by atoms with Crippen molar-refractivity contribution in [1.82, 2.24) is 9.21 Å². The van der Waals surface area contributed by atoms with Gasteiger partial charge < -0.3 is 4.74 Å². The lowest BCUT2D eigenvalue weighted by Crippen LogP contribution is -2.44. The Bertz CT molecular complexity index is 644. The third-order valence-corrected chi connectivity index (χ3v) is 7.29. The van der Waals surface area contributed by atoms with Crippen molar-refractivity contribution in [3.05, 3.63) is 29.8 Å². The molecule has 0 radical (unpaired) electrons. The van der Waals surface area contributed by atoms with Gasteiger partial charge in [0, 0.05) is 32.7 Å². The summed E-state index contributed by atoms with van der Waals surface area (Å²) >= 11 is 0. The molecule has 0 amide bonds. The second-order valence-corrected chi connectivity index (χ2v) is 9.42. The number of rotatable bonds is 5. The Morgan fingerprint density at radius 1 is 1.04 bits per heavy atom. The maximum atomic E-state index is 12.9. The van der Waals surface area contributed by atoms with Gasteiger partial charge in [0.1, 0.15) is 0 Å². The van der Waals surface area contributed by atoms with E-state index in [1.165, 1.54) is 5.56 Å². The highest BCUT2D eigenvalue weighted by molar-refractivity contribution is 7.89. The average Bonchev–Trinajstić information content (AvgIpc) is 2.63. The van der Waals surface area contributed by atoms with Crippen LogP contribution >= 0.6 is 0 Å². The zero-order valence-corrected chi connectivity index (χ0v) is 16.2. The third kappa shape index (κ3) is 4.61. The van der Waals surface area contributed by atoms with Crippen LogP contribution in [0.15, 0.2) is 29.2 Å². The van der Waals surface area contributed by atoms with Crippen molar-refractivity contribution in [2.75, 3.05) is 45.9 Å². The van der Waals surface area contributed by atoms with Crippen molar-refractivity contribution in [2.45, 2.75) is 37.5 Å². The quantitative estimate of drug-likeness (QED) is 0.804. The third-order valence-electron chi connectivity index (χ3n) is 5.38. The van der Waals surface area contributed by atoms with Gasteiger partial charge in [0.25, 0.3) is 0 Å². The van der Waals surface area contributed by atoms with Gasteiger partial charge in [-0.25, -0.2) is 8.42 Å². The Hall–Kier alpha value is -0.950. The molecule has 2 aliphatic heterocycles. The van der Waals surface area contributed by atoms with E-state index in [1.54, 1.807) is 16.4 Å². The van der Waals surface area contributed by atoms with Crippen LogP contribution in [-0.2, 0) is 14.8 Å². The SMILES string of the molecule is CC(C)c1ccc(S(=O)(=O)N2CCC(CN3CCOCC3)CC2)cc1. The second kappa shape index (κ2) is 8.16. The van der Waals surface area contributed by atoms with Crippen LogP contribution in [0.5, 0.6) is 0 Å². The minimum absolute atomic E-state index is 0.410. The zero-order valence-electron chi connectivity index (χ0n) is 15.4. The van der Waals surface area contributed by atoms with Gasteiger partial charge in [-0.1, -0.05) is 26.0 Å². The largest absolute Gasteiger partial charge is 0.379 e. The molecule has 25 heavy (non-hydrogen) atoms. The molecule has 140 valence electrons. The van der Waals surface area contributed by atoms with E-state index < -0.39 is 10.0 Å². The highest BCUT2D eigenvalue weighted by atomic mass is 32.2. The number of nitrogens with zero attached hydrogens (tertiary/aromatic N) is 2. The predicted molar refractivity (Wildman–Crippen MR) is 99.3 cm³/mol. The first-order valence-corrected chi connectivity index (χ1v) is 10.8. The van der Waals surface area contributed by atoms with Crippen LogP contribution in [0.4, 0.5) is 0 Å². The summed E-state index contributed by atoms with van der Waals surface area (Å²) in [5, 5.41) is 0. The lowest BCUT2D eigenvalue weighted by atomic mass is 9.97. The summed E-state index contributed by atoms with van der Waals surface area (Å²) in [4.78, 5) is 2.87. The summed E-state index contributed by atoms with van der Waals surface area (Å²) in [5.41, 5.74) is 1.17. The van der Waals surface area contributed by atoms with E-state index in [0.29, 0.717) is 29.8 Å². The van der Waals surface area contributed by atoms with Gasteiger partial charge in [-0.2, -0.15) is 4.31 Å². The van der Waals surface area contributed by atoms with Gasteiger partial charge in [-0.15, -0.1) is 0 Å². The number of benzene rings is 1. The van der Waals surface area contributed by atoms with Crippen LogP contribution in [-0.4, -0.2) is 63.6 Å². The maximum Gasteiger partial charge on any atom is 0.243 e. The number of hydrogen-bond donors (Lipinski definition) is 0. The molecule has 0 spiro atoms. The molecule has 0 unspecified atom stereocenters. The molecule has 2 aliphatic rings. The van der Waals surface area contributed by atoms with Gasteiger partial charge in [-0.05, 0) is 42.4 Å². The summed E-state index contributed by atoms with van der Waals surface area (Å²) in [6.07, 6.45) is 1.89. The van der Waals surface area contributed by atoms with Gasteiger partial charge in [0.15, 0.2) is 0 Å². The first kappa shape index (κ1) is 18.8. The zero-order chi connectivity index (χ0) is 17.9. The molecule has 0 atom stereocenters. The van der Waals surface area contributed by atoms with Crippen molar-refractivity contribution >= 4 is 10.0 Å². The molecule has 5 nitrogen and oxygen atoms in total. The van der Waals surface area contributed by atoms with E-state index in [0.717, 1.165) is 45.7 Å². The topological polar surface area (TPSA) is 49.9 Å². The predicted octanol–water partition coefficient (Wildman–Crippen LogP) is 2.54. The van der Waals surface area contributed by atoms with E-state index >= 15 is 0 Å². The lowest BCUT2D eigenvalue weighted by molar-refractivity contribution is 0.0269. The Morgan fingerprint density at radius 3 is 2.20 bits per heavy atom. The fourth-order valence-electron chi connectivity index (χ4n) is 3.65. The fraction of sp³-hybridized carbons (Fsp3) is 0.684. The van der Waals surface area contributed by atoms with Crippen LogP contribution < -0.4 is 0 Å². The Kier molecular flexibility index (Phi) is 6.15. The van der Waals surface area contributed by atoms with Gasteiger partial charge in [0.05, 0.1) is 18.1 Å². The first-order valence-electron chi connectivity index (χ1n) is 9.37. The smallest absolute Gasteiger partial charge is 0.243 e. The molecular weight excluding hydrogens is 336 g/mol. The van der Waals surface area contributed by atoms with Gasteiger partial charge in [-0.3, -0.25) is 4.90 Å². The fourth-order valence-corrected chi connectivity index (χ4v) is 5.12. The van der Waals surface area contributed by atoms with Crippen LogP contribution in [0.25, 0.3) is 0 Å². The van der Waals surface area contributed by atoms with Crippen LogP contribution in [0.2, 0.25) is 0 Å². The molecule has 6 heteroatoms. The number of ether oxygens (including phenoxy) is 1. The Labute approximate surface area is 152 Å². The van der Waals surface area contributed by atoms with Crippen molar-refractivity contribution in [3.63, 3.8) is 0 Å². The monoisotopic (exact) mass is 366 g/mol. The highest BCUT2D eigenvalue weighted by Crippen LogP contribution is 2.25. The average molecular weight is 367 g/mol. The molecule has 1 aromatic carbocycles. The van der Waals surface area contributed by atoms with E-state index in [2.05, 4.69) is 18.7 Å². The second-order valence-electron chi connectivity index (χ2n) is 7.48. The molecule has 3 rings (SSSR count). The number of piperidine rings is 1. The molecular formula is C19H30N2O3S. The summed E-state index contributed by atoms with van der Waals surface area (Å²) in [6, 6.07) is 7.38. The van der Waals surface area contributed by atoms with Crippen molar-refractivity contribution in [2.24, 2.45) is 5.92 Å². The van der Waals surface area contributed by atoms with Crippen molar-refractivity contribution in [3.8, 4) is 0 Å². The van der Waals surface area contributed by atoms with Crippen molar-refractivity contribution < 1.29 is 13.2 Å². The summed E-state index contributed by atoms with van der Waals surface area (Å²) in [5.74, 6) is 1.00. The standard InChI is InChI=1S/C19H30N2O3S/c1-16(2)18-3-5-19(6-4-18)25(22,23)21-9-7-17(8-10-21)15-20-11-13-24-14-12-20/h3-6,16-17H,7-15H2,1-2H3.